The minimum atomic E-state index is 0. The largest absolute Gasteiger partial charge is 0.330 e. The first kappa shape index (κ1) is 15.8. The van der Waals surface area contributed by atoms with Crippen LogP contribution in [0.4, 0.5) is 0 Å². The summed E-state index contributed by atoms with van der Waals surface area (Å²) in [7, 11) is 0. The fraction of sp³-hybridized carbons (Fsp3) is 0.571. The third-order valence-electron chi connectivity index (χ3n) is 3.98. The standard InChI is InChI=1S/C14H21ClN2.ClH/c1-11(12-3-5-13(15)6-4-12)17-8-7-14(2,9-16)10-17;/h3-6,11H,7-10,16H2,1-2H3;1H. The zero-order valence-electron chi connectivity index (χ0n) is 11.0. The van der Waals surface area contributed by atoms with E-state index in [1.807, 2.05) is 12.1 Å². The van der Waals surface area contributed by atoms with Crippen molar-refractivity contribution in [3.63, 3.8) is 0 Å². The highest BCUT2D eigenvalue weighted by atomic mass is 35.5. The maximum Gasteiger partial charge on any atom is 0.0406 e. The zero-order valence-corrected chi connectivity index (χ0v) is 12.6. The highest BCUT2D eigenvalue weighted by Gasteiger charge is 2.34. The van der Waals surface area contributed by atoms with Gasteiger partial charge < -0.3 is 5.73 Å². The molecule has 18 heavy (non-hydrogen) atoms. The Bertz CT molecular complexity index is 380. The van der Waals surface area contributed by atoms with Crippen LogP contribution in [-0.2, 0) is 0 Å². The van der Waals surface area contributed by atoms with E-state index in [1.165, 1.54) is 12.0 Å². The summed E-state index contributed by atoms with van der Waals surface area (Å²) < 4.78 is 0. The van der Waals surface area contributed by atoms with E-state index in [4.69, 9.17) is 17.3 Å². The lowest BCUT2D eigenvalue weighted by atomic mass is 9.90. The molecule has 4 heteroatoms. The lowest BCUT2D eigenvalue weighted by molar-refractivity contribution is 0.227. The molecule has 1 fully saturated rings. The van der Waals surface area contributed by atoms with Crippen molar-refractivity contribution >= 4 is 24.0 Å². The summed E-state index contributed by atoms with van der Waals surface area (Å²) in [6.45, 7) is 7.54. The summed E-state index contributed by atoms with van der Waals surface area (Å²) in [5.41, 5.74) is 7.47. The molecule has 0 amide bonds. The molecule has 0 aromatic heterocycles. The first-order chi connectivity index (χ1) is 8.04. The molecule has 2 N–H and O–H groups in total. The van der Waals surface area contributed by atoms with Crippen molar-refractivity contribution in [2.24, 2.45) is 11.1 Å². The molecule has 1 aromatic carbocycles. The fourth-order valence-electron chi connectivity index (χ4n) is 2.51. The highest BCUT2D eigenvalue weighted by Crippen LogP contribution is 2.34. The molecule has 2 nitrogen and oxygen atoms in total. The van der Waals surface area contributed by atoms with E-state index in [0.29, 0.717) is 11.5 Å². The molecule has 1 heterocycles. The second kappa shape index (κ2) is 6.25. The van der Waals surface area contributed by atoms with E-state index < -0.39 is 0 Å². The first-order valence-corrected chi connectivity index (χ1v) is 6.61. The van der Waals surface area contributed by atoms with Crippen LogP contribution in [-0.4, -0.2) is 24.5 Å². The number of likely N-dealkylation sites (tertiary alicyclic amines) is 1. The van der Waals surface area contributed by atoms with E-state index in [-0.39, 0.29) is 12.4 Å². The molecule has 1 aliphatic heterocycles. The van der Waals surface area contributed by atoms with Crippen LogP contribution < -0.4 is 5.73 Å². The van der Waals surface area contributed by atoms with Crippen LogP contribution in [0.2, 0.25) is 5.02 Å². The van der Waals surface area contributed by atoms with Gasteiger partial charge in [0.15, 0.2) is 0 Å². The second-order valence-electron chi connectivity index (χ2n) is 5.46. The van der Waals surface area contributed by atoms with E-state index in [0.717, 1.165) is 24.7 Å². The summed E-state index contributed by atoms with van der Waals surface area (Å²) >= 11 is 5.91. The number of hydrogen-bond donors (Lipinski definition) is 1. The van der Waals surface area contributed by atoms with Crippen LogP contribution in [0, 0.1) is 5.41 Å². The molecular weight excluding hydrogens is 267 g/mol. The Labute approximate surface area is 121 Å². The van der Waals surface area contributed by atoms with Gasteiger partial charge in [0.1, 0.15) is 0 Å². The van der Waals surface area contributed by atoms with Crippen molar-refractivity contribution in [1.29, 1.82) is 0 Å². The van der Waals surface area contributed by atoms with Gasteiger partial charge >= 0.3 is 0 Å². The second-order valence-corrected chi connectivity index (χ2v) is 5.90. The number of nitrogens with two attached hydrogens (primary N) is 1. The van der Waals surface area contributed by atoms with Gasteiger partial charge in [-0.05, 0) is 49.5 Å². The van der Waals surface area contributed by atoms with Gasteiger partial charge in [0.05, 0.1) is 0 Å². The van der Waals surface area contributed by atoms with Gasteiger partial charge in [0.2, 0.25) is 0 Å². The topological polar surface area (TPSA) is 29.3 Å². The fourth-order valence-corrected chi connectivity index (χ4v) is 2.64. The highest BCUT2D eigenvalue weighted by molar-refractivity contribution is 6.30. The third kappa shape index (κ3) is 3.39. The third-order valence-corrected chi connectivity index (χ3v) is 4.23. The van der Waals surface area contributed by atoms with Gasteiger partial charge in [-0.25, -0.2) is 0 Å². The quantitative estimate of drug-likeness (QED) is 0.923. The van der Waals surface area contributed by atoms with E-state index in [9.17, 15) is 0 Å². The number of hydrogen-bond acceptors (Lipinski definition) is 2. The Kier molecular flexibility index (Phi) is 5.47. The summed E-state index contributed by atoms with van der Waals surface area (Å²) in [5.74, 6) is 0. The van der Waals surface area contributed by atoms with Crippen LogP contribution in [0.15, 0.2) is 24.3 Å². The first-order valence-electron chi connectivity index (χ1n) is 6.24. The molecular formula is C14H22Cl2N2. The van der Waals surface area contributed by atoms with Crippen LogP contribution in [0.3, 0.4) is 0 Å². The Balaban J connectivity index is 0.00000162. The number of rotatable bonds is 3. The molecule has 0 radical (unpaired) electrons. The molecule has 0 bridgehead atoms. The lowest BCUT2D eigenvalue weighted by Gasteiger charge is -2.27. The lowest BCUT2D eigenvalue weighted by Crippen LogP contribution is -2.32. The van der Waals surface area contributed by atoms with Gasteiger partial charge in [-0.2, -0.15) is 0 Å². The van der Waals surface area contributed by atoms with Gasteiger partial charge in [-0.15, -0.1) is 12.4 Å². The molecule has 102 valence electrons. The predicted octanol–water partition coefficient (Wildman–Crippen LogP) is 3.49. The SMILES string of the molecule is CC(c1ccc(Cl)cc1)N1CCC(C)(CN)C1.Cl. The zero-order chi connectivity index (χ0) is 12.5. The average Bonchev–Trinajstić information content (AvgIpc) is 2.73. The minimum Gasteiger partial charge on any atom is -0.330 e. The Morgan fingerprint density at radius 2 is 2.00 bits per heavy atom. The maximum atomic E-state index is 5.91. The van der Waals surface area contributed by atoms with Crippen molar-refractivity contribution in [3.8, 4) is 0 Å². The van der Waals surface area contributed by atoms with Gasteiger partial charge in [0, 0.05) is 17.6 Å². The summed E-state index contributed by atoms with van der Waals surface area (Å²) in [6.07, 6.45) is 1.20. The van der Waals surface area contributed by atoms with Crippen molar-refractivity contribution in [2.75, 3.05) is 19.6 Å². The predicted molar refractivity (Wildman–Crippen MR) is 80.5 cm³/mol. The normalized spacial score (nSPS) is 25.8. The van der Waals surface area contributed by atoms with Gasteiger partial charge in [0.25, 0.3) is 0 Å². The van der Waals surface area contributed by atoms with E-state index in [2.05, 4.69) is 30.9 Å². The molecule has 1 aliphatic rings. The van der Waals surface area contributed by atoms with Crippen LogP contribution in [0.25, 0.3) is 0 Å². The van der Waals surface area contributed by atoms with Crippen LogP contribution in [0.5, 0.6) is 0 Å². The molecule has 2 unspecified atom stereocenters. The van der Waals surface area contributed by atoms with Crippen LogP contribution >= 0.6 is 24.0 Å². The Morgan fingerprint density at radius 3 is 2.50 bits per heavy atom. The van der Waals surface area contributed by atoms with Crippen molar-refractivity contribution in [1.82, 2.24) is 4.90 Å². The number of halogens is 2. The minimum absolute atomic E-state index is 0. The number of benzene rings is 1. The summed E-state index contributed by atoms with van der Waals surface area (Å²) in [5, 5.41) is 0.800. The van der Waals surface area contributed by atoms with Crippen molar-refractivity contribution in [2.45, 2.75) is 26.3 Å². The summed E-state index contributed by atoms with van der Waals surface area (Å²) in [4.78, 5) is 2.51. The number of nitrogens with zero attached hydrogens (tertiary/aromatic N) is 1. The van der Waals surface area contributed by atoms with E-state index >= 15 is 0 Å². The molecule has 0 saturated carbocycles. The molecule has 0 spiro atoms. The Hall–Kier alpha value is -0.280. The Morgan fingerprint density at radius 1 is 1.39 bits per heavy atom. The average molecular weight is 289 g/mol. The molecule has 0 aliphatic carbocycles. The van der Waals surface area contributed by atoms with Crippen molar-refractivity contribution in [3.05, 3.63) is 34.9 Å². The smallest absolute Gasteiger partial charge is 0.0406 e. The van der Waals surface area contributed by atoms with Crippen molar-refractivity contribution < 1.29 is 0 Å². The monoisotopic (exact) mass is 288 g/mol. The molecule has 2 atom stereocenters. The van der Waals surface area contributed by atoms with Gasteiger partial charge in [-0.1, -0.05) is 30.7 Å². The maximum absolute atomic E-state index is 5.91. The molecule has 1 aromatic rings. The summed E-state index contributed by atoms with van der Waals surface area (Å²) in [6, 6.07) is 8.61. The van der Waals surface area contributed by atoms with Crippen LogP contribution in [0.1, 0.15) is 31.9 Å². The molecule has 1 saturated heterocycles. The van der Waals surface area contributed by atoms with Gasteiger partial charge in [-0.3, -0.25) is 4.90 Å². The van der Waals surface area contributed by atoms with E-state index in [1.54, 1.807) is 0 Å². The molecule has 2 rings (SSSR count).